The third-order valence-electron chi connectivity index (χ3n) is 7.92. The van der Waals surface area contributed by atoms with E-state index in [1.807, 2.05) is 54.6 Å². The highest BCUT2D eigenvalue weighted by Crippen LogP contribution is 2.43. The lowest BCUT2D eigenvalue weighted by molar-refractivity contribution is -0.141. The van der Waals surface area contributed by atoms with E-state index in [1.54, 1.807) is 31.2 Å². The van der Waals surface area contributed by atoms with Gasteiger partial charge in [-0.1, -0.05) is 73.7 Å². The Morgan fingerprint density at radius 2 is 1.61 bits per heavy atom. The van der Waals surface area contributed by atoms with Gasteiger partial charge in [-0.15, -0.1) is 0 Å². The van der Waals surface area contributed by atoms with Crippen molar-refractivity contribution in [3.63, 3.8) is 0 Å². The fourth-order valence-corrected chi connectivity index (χ4v) is 7.28. The van der Waals surface area contributed by atoms with Gasteiger partial charge in [-0.05, 0) is 41.7 Å². The van der Waals surface area contributed by atoms with E-state index in [1.165, 1.54) is 4.90 Å². The first-order valence-corrected chi connectivity index (χ1v) is 15.3. The molecule has 1 aliphatic rings. The molecule has 10 heteroatoms. The maximum Gasteiger partial charge on any atom is 0.305 e. The van der Waals surface area contributed by atoms with Gasteiger partial charge in [0, 0.05) is 24.3 Å². The summed E-state index contributed by atoms with van der Waals surface area (Å²) in [6.07, 6.45) is 1.42. The third-order valence-corrected chi connectivity index (χ3v) is 9.94. The van der Waals surface area contributed by atoms with Gasteiger partial charge in [-0.25, -0.2) is 8.42 Å². The Hall–Kier alpha value is -4.18. The Labute approximate surface area is 240 Å². The molecule has 3 aromatic rings. The van der Waals surface area contributed by atoms with E-state index >= 15 is 0 Å². The van der Waals surface area contributed by atoms with Gasteiger partial charge in [0.2, 0.25) is 5.91 Å². The number of aliphatic carboxylic acids is 1. The lowest BCUT2D eigenvalue weighted by Crippen LogP contribution is -2.51. The molecule has 0 aliphatic carbocycles. The smallest absolute Gasteiger partial charge is 0.305 e. The van der Waals surface area contributed by atoms with E-state index in [9.17, 15) is 23.1 Å². The standard InChI is InChI=1S/C31H35N3O6S/c1-21-27(20-40-26-16-14-24(15-17-26)23-10-12-25(13-11-23)29(32)33)34(18-6-9-22-7-4-3-5-8-22)30(37)31(21,19-28(35)36)41(2,38)39/h3-5,7-8,10-17,21,27H,6,9,18-20H2,1-2H3,(H3,32,33)(H,35,36)/t21?,27-,31-/m1/s1. The topological polar surface area (TPSA) is 151 Å². The van der Waals surface area contributed by atoms with Gasteiger partial charge in [0.25, 0.3) is 0 Å². The van der Waals surface area contributed by atoms with Crippen LogP contribution in [0.15, 0.2) is 78.9 Å². The predicted molar refractivity (Wildman–Crippen MR) is 158 cm³/mol. The first-order chi connectivity index (χ1) is 19.4. The van der Waals surface area contributed by atoms with Crippen LogP contribution in [-0.4, -0.2) is 66.3 Å². The molecule has 1 aliphatic heterocycles. The molecule has 0 saturated carbocycles. The number of sulfone groups is 1. The molecule has 3 aromatic carbocycles. The van der Waals surface area contributed by atoms with Crippen molar-refractivity contribution >= 4 is 27.5 Å². The van der Waals surface area contributed by atoms with Crippen LogP contribution in [0.25, 0.3) is 11.1 Å². The molecule has 1 saturated heterocycles. The van der Waals surface area contributed by atoms with Gasteiger partial charge in [0.1, 0.15) is 18.2 Å². The number of carbonyl (C=O) groups excluding carboxylic acids is 1. The van der Waals surface area contributed by atoms with Crippen molar-refractivity contribution in [2.75, 3.05) is 19.4 Å². The highest BCUT2D eigenvalue weighted by Gasteiger charge is 2.64. The van der Waals surface area contributed by atoms with Crippen LogP contribution in [0.5, 0.6) is 5.75 Å². The van der Waals surface area contributed by atoms with Gasteiger partial charge in [0.05, 0.1) is 12.5 Å². The van der Waals surface area contributed by atoms with Crippen molar-refractivity contribution in [2.24, 2.45) is 11.7 Å². The molecule has 216 valence electrons. The van der Waals surface area contributed by atoms with Crippen LogP contribution in [-0.2, 0) is 25.8 Å². The second-order valence-electron chi connectivity index (χ2n) is 10.5. The van der Waals surface area contributed by atoms with Gasteiger partial charge in [-0.2, -0.15) is 0 Å². The number of carboxylic acid groups (broad SMARTS) is 1. The van der Waals surface area contributed by atoms with Gasteiger partial charge < -0.3 is 20.5 Å². The number of aryl methyl sites for hydroxylation is 1. The molecule has 4 rings (SSSR count). The summed E-state index contributed by atoms with van der Waals surface area (Å²) < 4.78 is 30.1. The molecular weight excluding hydrogens is 542 g/mol. The van der Waals surface area contributed by atoms with E-state index in [2.05, 4.69) is 0 Å². The number of hydrogen-bond acceptors (Lipinski definition) is 6. The van der Waals surface area contributed by atoms with Crippen LogP contribution in [0, 0.1) is 11.3 Å². The van der Waals surface area contributed by atoms with Crippen molar-refractivity contribution in [1.82, 2.24) is 4.90 Å². The third kappa shape index (κ3) is 6.27. The monoisotopic (exact) mass is 577 g/mol. The lowest BCUT2D eigenvalue weighted by Gasteiger charge is -2.28. The average Bonchev–Trinajstić information content (AvgIpc) is 3.14. The van der Waals surface area contributed by atoms with E-state index in [-0.39, 0.29) is 19.0 Å². The van der Waals surface area contributed by atoms with Crippen LogP contribution in [0.4, 0.5) is 0 Å². The number of rotatable bonds is 12. The predicted octanol–water partition coefficient (Wildman–Crippen LogP) is 3.75. The zero-order valence-electron chi connectivity index (χ0n) is 23.1. The number of nitrogens with one attached hydrogen (secondary N) is 1. The number of nitrogens with two attached hydrogens (primary N) is 1. The molecule has 3 atom stereocenters. The maximum atomic E-state index is 13.8. The number of likely N-dealkylation sites (tertiary alicyclic amines) is 1. The molecule has 1 unspecified atom stereocenters. The van der Waals surface area contributed by atoms with Gasteiger partial charge in [-0.3, -0.25) is 15.0 Å². The van der Waals surface area contributed by atoms with E-state index in [4.69, 9.17) is 15.9 Å². The second-order valence-corrected chi connectivity index (χ2v) is 12.8. The molecule has 1 heterocycles. The fraction of sp³-hybridized carbons (Fsp3) is 0.323. The highest BCUT2D eigenvalue weighted by atomic mass is 32.2. The average molecular weight is 578 g/mol. The number of benzene rings is 3. The summed E-state index contributed by atoms with van der Waals surface area (Å²) in [5, 5.41) is 17.2. The van der Waals surface area contributed by atoms with E-state index < -0.39 is 44.8 Å². The summed E-state index contributed by atoms with van der Waals surface area (Å²) in [7, 11) is -4.08. The number of hydrogen-bond donors (Lipinski definition) is 3. The minimum Gasteiger partial charge on any atom is -0.491 e. The number of amidine groups is 1. The summed E-state index contributed by atoms with van der Waals surface area (Å²) >= 11 is 0. The number of carbonyl (C=O) groups is 2. The Morgan fingerprint density at radius 1 is 1.02 bits per heavy atom. The molecule has 9 nitrogen and oxygen atoms in total. The molecule has 0 bridgehead atoms. The fourth-order valence-electron chi connectivity index (χ4n) is 5.63. The number of ether oxygens (including phenoxy) is 1. The highest BCUT2D eigenvalue weighted by molar-refractivity contribution is 7.93. The quantitative estimate of drug-likeness (QED) is 0.219. The Bertz CT molecular complexity index is 1510. The maximum absolute atomic E-state index is 13.8. The van der Waals surface area contributed by atoms with Crippen molar-refractivity contribution in [2.45, 2.75) is 37.0 Å². The molecule has 41 heavy (non-hydrogen) atoms. The number of amides is 1. The molecular formula is C31H35N3O6S. The van der Waals surface area contributed by atoms with Gasteiger partial charge >= 0.3 is 5.97 Å². The summed E-state index contributed by atoms with van der Waals surface area (Å²) in [4.78, 5) is 27.1. The first-order valence-electron chi connectivity index (χ1n) is 13.4. The largest absolute Gasteiger partial charge is 0.491 e. The molecule has 0 radical (unpaired) electrons. The van der Waals surface area contributed by atoms with Gasteiger partial charge in [0.15, 0.2) is 14.6 Å². The molecule has 1 amide bonds. The van der Waals surface area contributed by atoms with Crippen molar-refractivity contribution in [1.29, 1.82) is 5.41 Å². The van der Waals surface area contributed by atoms with Crippen LogP contribution in [0.3, 0.4) is 0 Å². The summed E-state index contributed by atoms with van der Waals surface area (Å²) in [6.45, 7) is 1.92. The van der Waals surface area contributed by atoms with Crippen LogP contribution < -0.4 is 10.5 Å². The van der Waals surface area contributed by atoms with Crippen molar-refractivity contribution < 1.29 is 27.9 Å². The minimum absolute atomic E-state index is 0.00252. The zero-order valence-corrected chi connectivity index (χ0v) is 23.9. The number of nitrogens with zero attached hydrogens (tertiary/aromatic N) is 1. The molecule has 0 spiro atoms. The molecule has 4 N–H and O–H groups in total. The summed E-state index contributed by atoms with van der Waals surface area (Å²) in [5.41, 5.74) is 9.13. The minimum atomic E-state index is -4.08. The Kier molecular flexibility index (Phi) is 8.82. The second kappa shape index (κ2) is 12.1. The Morgan fingerprint density at radius 3 is 2.15 bits per heavy atom. The normalized spacial score (nSPS) is 20.6. The molecule has 1 fully saturated rings. The summed E-state index contributed by atoms with van der Waals surface area (Å²) in [6, 6.07) is 23.8. The van der Waals surface area contributed by atoms with Crippen LogP contribution in [0.2, 0.25) is 0 Å². The van der Waals surface area contributed by atoms with Crippen LogP contribution in [0.1, 0.15) is 30.9 Å². The first kappa shape index (κ1) is 29.8. The van der Waals surface area contributed by atoms with Crippen molar-refractivity contribution in [3.05, 3.63) is 90.0 Å². The van der Waals surface area contributed by atoms with E-state index in [0.29, 0.717) is 24.2 Å². The molecule has 0 aromatic heterocycles. The van der Waals surface area contributed by atoms with Crippen molar-refractivity contribution in [3.8, 4) is 16.9 Å². The summed E-state index contributed by atoms with van der Waals surface area (Å²) in [5.74, 6) is -2.29. The number of carboxylic acids is 1. The SMILES string of the molecule is CC1[C@@H](COc2ccc(-c3ccc(C(=N)N)cc3)cc2)N(CCCc2ccccc2)C(=O)[C@]1(CC(=O)O)S(C)(=O)=O. The van der Waals surface area contributed by atoms with E-state index in [0.717, 1.165) is 22.9 Å². The Balaban J connectivity index is 1.54. The lowest BCUT2D eigenvalue weighted by atomic mass is 9.88. The van der Waals surface area contributed by atoms with Crippen LogP contribution >= 0.6 is 0 Å². The zero-order chi connectivity index (χ0) is 29.8. The number of nitrogen functional groups attached to an aromatic ring is 1.